The van der Waals surface area contributed by atoms with Crippen molar-refractivity contribution in [3.8, 4) is 11.5 Å². The van der Waals surface area contributed by atoms with Crippen LogP contribution in [0.3, 0.4) is 0 Å². The van der Waals surface area contributed by atoms with Gasteiger partial charge in [0, 0.05) is 32.7 Å². The van der Waals surface area contributed by atoms with Gasteiger partial charge < -0.3 is 24.6 Å². The summed E-state index contributed by atoms with van der Waals surface area (Å²) in [7, 11) is 1.57. The first kappa shape index (κ1) is 16.4. The molecule has 1 saturated heterocycles. The van der Waals surface area contributed by atoms with Gasteiger partial charge in [0.2, 0.25) is 0 Å². The summed E-state index contributed by atoms with van der Waals surface area (Å²) in [5.74, 6) is 1.23. The monoisotopic (exact) mass is 310 g/mol. The highest BCUT2D eigenvalue weighted by Crippen LogP contribution is 2.25. The first-order chi connectivity index (χ1) is 10.6. The number of benzene rings is 1. The largest absolute Gasteiger partial charge is 0.493 e. The predicted molar refractivity (Wildman–Crippen MR) is 80.5 cm³/mol. The molecule has 7 heteroatoms. The lowest BCUT2D eigenvalue weighted by Crippen LogP contribution is -2.50. The number of carbonyl (C=O) groups is 1. The van der Waals surface area contributed by atoms with Crippen LogP contribution in [-0.2, 0) is 0 Å². The summed E-state index contributed by atoms with van der Waals surface area (Å²) in [5, 5.41) is 19.0. The zero-order valence-electron chi connectivity index (χ0n) is 12.6. The minimum Gasteiger partial charge on any atom is -0.493 e. The molecule has 122 valence electrons. The third-order valence-corrected chi connectivity index (χ3v) is 3.61. The van der Waals surface area contributed by atoms with Gasteiger partial charge in [-0.15, -0.1) is 0 Å². The van der Waals surface area contributed by atoms with Crippen LogP contribution in [0.1, 0.15) is 0 Å². The summed E-state index contributed by atoms with van der Waals surface area (Å²) in [4.78, 5) is 14.2. The molecule has 0 bridgehead atoms. The first-order valence-electron chi connectivity index (χ1n) is 7.24. The minimum absolute atomic E-state index is 0.166. The average molecular weight is 310 g/mol. The summed E-state index contributed by atoms with van der Waals surface area (Å²) in [6.07, 6.45) is -1.53. The summed E-state index contributed by atoms with van der Waals surface area (Å²) in [6, 6.07) is 7.28. The smallest absolute Gasteiger partial charge is 0.407 e. The number of carboxylic acid groups (broad SMARTS) is 1. The number of hydrogen-bond acceptors (Lipinski definition) is 5. The van der Waals surface area contributed by atoms with E-state index in [0.717, 1.165) is 0 Å². The van der Waals surface area contributed by atoms with Crippen LogP contribution >= 0.6 is 0 Å². The Balaban J connectivity index is 1.74. The molecule has 1 unspecified atom stereocenters. The zero-order valence-corrected chi connectivity index (χ0v) is 12.6. The van der Waals surface area contributed by atoms with Crippen molar-refractivity contribution in [1.82, 2.24) is 9.80 Å². The molecule has 2 rings (SSSR count). The van der Waals surface area contributed by atoms with Gasteiger partial charge in [0.25, 0.3) is 0 Å². The Morgan fingerprint density at radius 1 is 1.23 bits per heavy atom. The topological polar surface area (TPSA) is 82.5 Å². The van der Waals surface area contributed by atoms with Gasteiger partial charge in [-0.1, -0.05) is 12.1 Å². The summed E-state index contributed by atoms with van der Waals surface area (Å²) in [6.45, 7) is 2.81. The predicted octanol–water partition coefficient (Wildman–Crippen LogP) is 0.731. The van der Waals surface area contributed by atoms with Crippen LogP contribution < -0.4 is 9.47 Å². The molecule has 22 heavy (non-hydrogen) atoms. The minimum atomic E-state index is -0.889. The lowest BCUT2D eigenvalue weighted by Gasteiger charge is -2.34. The Morgan fingerprint density at radius 2 is 1.86 bits per heavy atom. The van der Waals surface area contributed by atoms with Crippen LogP contribution in [0.5, 0.6) is 11.5 Å². The fourth-order valence-corrected chi connectivity index (χ4v) is 2.40. The summed E-state index contributed by atoms with van der Waals surface area (Å²) < 4.78 is 10.8. The SMILES string of the molecule is COc1ccccc1OCC(O)CN1CCN(C(=O)O)CC1. The molecule has 0 aliphatic carbocycles. The Morgan fingerprint density at radius 3 is 2.45 bits per heavy atom. The van der Waals surface area contributed by atoms with E-state index in [2.05, 4.69) is 0 Å². The number of piperazine rings is 1. The van der Waals surface area contributed by atoms with Crippen molar-refractivity contribution in [2.24, 2.45) is 0 Å². The summed E-state index contributed by atoms with van der Waals surface area (Å²) >= 11 is 0. The van der Waals surface area contributed by atoms with Crippen LogP contribution in [0, 0.1) is 0 Å². The number of amides is 1. The number of aliphatic hydroxyl groups excluding tert-OH is 1. The molecule has 1 fully saturated rings. The molecule has 1 aliphatic rings. The van der Waals surface area contributed by atoms with Crippen molar-refractivity contribution in [3.63, 3.8) is 0 Å². The van der Waals surface area contributed by atoms with Crippen LogP contribution in [0.2, 0.25) is 0 Å². The van der Waals surface area contributed by atoms with E-state index in [1.54, 1.807) is 19.2 Å². The van der Waals surface area contributed by atoms with Gasteiger partial charge in [-0.25, -0.2) is 4.79 Å². The van der Waals surface area contributed by atoms with E-state index in [9.17, 15) is 9.90 Å². The Kier molecular flexibility index (Phi) is 5.85. The quantitative estimate of drug-likeness (QED) is 0.806. The van der Waals surface area contributed by atoms with E-state index in [0.29, 0.717) is 44.2 Å². The lowest BCUT2D eigenvalue weighted by molar-refractivity contribution is 0.0458. The van der Waals surface area contributed by atoms with E-state index >= 15 is 0 Å². The second kappa shape index (κ2) is 7.86. The molecule has 1 heterocycles. The molecule has 0 spiro atoms. The van der Waals surface area contributed by atoms with E-state index in [-0.39, 0.29) is 6.61 Å². The number of rotatable bonds is 6. The van der Waals surface area contributed by atoms with E-state index in [1.165, 1.54) is 4.90 Å². The van der Waals surface area contributed by atoms with Crippen LogP contribution in [0.25, 0.3) is 0 Å². The number of nitrogens with zero attached hydrogens (tertiary/aromatic N) is 2. The fourth-order valence-electron chi connectivity index (χ4n) is 2.40. The maximum atomic E-state index is 10.8. The molecular formula is C15H22N2O5. The van der Waals surface area contributed by atoms with Gasteiger partial charge in [0.1, 0.15) is 12.7 Å². The molecule has 1 aliphatic heterocycles. The molecule has 0 radical (unpaired) electrons. The number of hydrogen-bond donors (Lipinski definition) is 2. The number of ether oxygens (including phenoxy) is 2. The third kappa shape index (κ3) is 4.51. The van der Waals surface area contributed by atoms with E-state index in [4.69, 9.17) is 14.6 Å². The molecular weight excluding hydrogens is 288 g/mol. The van der Waals surface area contributed by atoms with Gasteiger partial charge in [-0.2, -0.15) is 0 Å². The highest BCUT2D eigenvalue weighted by Gasteiger charge is 2.22. The number of aliphatic hydroxyl groups is 1. The standard InChI is InChI=1S/C15H22N2O5/c1-21-13-4-2-3-5-14(13)22-11-12(18)10-16-6-8-17(9-7-16)15(19)20/h2-5,12,18H,6-11H2,1H3,(H,19,20). The molecule has 2 N–H and O–H groups in total. The first-order valence-corrected chi connectivity index (χ1v) is 7.24. The van der Waals surface area contributed by atoms with Crippen molar-refractivity contribution in [3.05, 3.63) is 24.3 Å². The van der Waals surface area contributed by atoms with Crippen molar-refractivity contribution >= 4 is 6.09 Å². The van der Waals surface area contributed by atoms with E-state index in [1.807, 2.05) is 17.0 Å². The number of β-amino-alcohol motifs (C(OH)–C–C–N with tert-alkyl or cyclic N) is 1. The second-order valence-corrected chi connectivity index (χ2v) is 5.19. The molecule has 7 nitrogen and oxygen atoms in total. The van der Waals surface area contributed by atoms with Crippen molar-refractivity contribution in [2.75, 3.05) is 46.4 Å². The third-order valence-electron chi connectivity index (χ3n) is 3.61. The normalized spacial score (nSPS) is 17.1. The Labute approximate surface area is 129 Å². The van der Waals surface area contributed by atoms with Gasteiger partial charge >= 0.3 is 6.09 Å². The maximum absolute atomic E-state index is 10.8. The summed E-state index contributed by atoms with van der Waals surface area (Å²) in [5.41, 5.74) is 0. The Hall–Kier alpha value is -1.99. The molecule has 1 amide bonds. The molecule has 1 atom stereocenters. The van der Waals surface area contributed by atoms with Crippen molar-refractivity contribution < 1.29 is 24.5 Å². The lowest BCUT2D eigenvalue weighted by atomic mass is 10.2. The second-order valence-electron chi connectivity index (χ2n) is 5.19. The van der Waals surface area contributed by atoms with Crippen molar-refractivity contribution in [2.45, 2.75) is 6.10 Å². The highest BCUT2D eigenvalue weighted by molar-refractivity contribution is 5.65. The molecule has 0 aromatic heterocycles. The van der Waals surface area contributed by atoms with Crippen LogP contribution in [0.4, 0.5) is 4.79 Å². The van der Waals surface area contributed by atoms with Gasteiger partial charge in [0.05, 0.1) is 7.11 Å². The van der Waals surface area contributed by atoms with Gasteiger partial charge in [0.15, 0.2) is 11.5 Å². The van der Waals surface area contributed by atoms with Gasteiger partial charge in [-0.3, -0.25) is 4.90 Å². The number of methoxy groups -OCH3 is 1. The van der Waals surface area contributed by atoms with Crippen molar-refractivity contribution in [1.29, 1.82) is 0 Å². The fraction of sp³-hybridized carbons (Fsp3) is 0.533. The van der Waals surface area contributed by atoms with Gasteiger partial charge in [-0.05, 0) is 12.1 Å². The Bertz CT molecular complexity index is 489. The number of para-hydroxylation sites is 2. The molecule has 0 saturated carbocycles. The van der Waals surface area contributed by atoms with Crippen LogP contribution in [-0.4, -0.2) is 78.7 Å². The molecule has 1 aromatic carbocycles. The molecule has 1 aromatic rings. The zero-order chi connectivity index (χ0) is 15.9. The van der Waals surface area contributed by atoms with Crippen LogP contribution in [0.15, 0.2) is 24.3 Å². The highest BCUT2D eigenvalue weighted by atomic mass is 16.5. The van der Waals surface area contributed by atoms with E-state index < -0.39 is 12.2 Å². The maximum Gasteiger partial charge on any atom is 0.407 e. The average Bonchev–Trinajstić information content (AvgIpc) is 2.53.